The number of aromatic nitrogens is 2. The predicted octanol–water partition coefficient (Wildman–Crippen LogP) is 4.52. The highest BCUT2D eigenvalue weighted by atomic mass is 35.5. The van der Waals surface area contributed by atoms with E-state index in [1.807, 2.05) is 26.1 Å². The molecule has 0 aliphatic rings. The fourth-order valence-electron chi connectivity index (χ4n) is 2.73. The number of ether oxygens (including phenoxy) is 1. The van der Waals surface area contributed by atoms with Crippen molar-refractivity contribution in [2.75, 3.05) is 18.2 Å². The number of nitrogens with two attached hydrogens (primary N) is 1. The highest BCUT2D eigenvalue weighted by Crippen LogP contribution is 2.38. The van der Waals surface area contributed by atoms with Gasteiger partial charge in [-0.2, -0.15) is 5.10 Å². The predicted molar refractivity (Wildman–Crippen MR) is 99.0 cm³/mol. The van der Waals surface area contributed by atoms with Crippen LogP contribution < -0.4 is 15.8 Å². The second-order valence-electron chi connectivity index (χ2n) is 5.63. The molecule has 5 nitrogen and oxygen atoms in total. The number of hydrogen-bond acceptors (Lipinski definition) is 4. The molecule has 130 valence electrons. The normalized spacial score (nSPS) is 10.8. The summed E-state index contributed by atoms with van der Waals surface area (Å²) in [5.41, 5.74) is 9.60. The summed E-state index contributed by atoms with van der Waals surface area (Å²) in [5.74, 6) is 0.998. The molecular weight excluding hydrogens is 343 g/mol. The number of anilines is 3. The van der Waals surface area contributed by atoms with Gasteiger partial charge in [-0.25, -0.2) is 4.39 Å². The van der Waals surface area contributed by atoms with E-state index in [9.17, 15) is 4.39 Å². The third-order valence-corrected chi connectivity index (χ3v) is 4.25. The van der Waals surface area contributed by atoms with Crippen LogP contribution >= 0.6 is 11.6 Å². The Kier molecular flexibility index (Phi) is 4.55. The summed E-state index contributed by atoms with van der Waals surface area (Å²) in [6, 6.07) is 9.67. The van der Waals surface area contributed by atoms with Crippen molar-refractivity contribution in [3.63, 3.8) is 0 Å². The summed E-state index contributed by atoms with van der Waals surface area (Å²) < 4.78 is 20.3. The zero-order valence-corrected chi connectivity index (χ0v) is 14.9. The average Bonchev–Trinajstić information content (AvgIpc) is 2.83. The van der Waals surface area contributed by atoms with Crippen molar-refractivity contribution in [1.82, 2.24) is 9.78 Å². The van der Waals surface area contributed by atoms with Crippen LogP contribution in [-0.2, 0) is 7.05 Å². The molecule has 0 atom stereocenters. The van der Waals surface area contributed by atoms with Crippen LogP contribution in [0, 0.1) is 12.7 Å². The topological polar surface area (TPSA) is 65.1 Å². The number of rotatable bonds is 4. The van der Waals surface area contributed by atoms with Gasteiger partial charge in [-0.1, -0.05) is 11.6 Å². The molecule has 0 bridgehead atoms. The van der Waals surface area contributed by atoms with Gasteiger partial charge in [0.05, 0.1) is 29.2 Å². The van der Waals surface area contributed by atoms with Gasteiger partial charge in [-0.15, -0.1) is 0 Å². The van der Waals surface area contributed by atoms with Crippen molar-refractivity contribution in [3.8, 4) is 16.9 Å². The van der Waals surface area contributed by atoms with E-state index in [2.05, 4.69) is 10.4 Å². The van der Waals surface area contributed by atoms with E-state index >= 15 is 0 Å². The lowest BCUT2D eigenvalue weighted by atomic mass is 10.1. The van der Waals surface area contributed by atoms with E-state index in [0.29, 0.717) is 33.5 Å². The Morgan fingerprint density at radius 3 is 2.64 bits per heavy atom. The van der Waals surface area contributed by atoms with Crippen LogP contribution in [0.4, 0.5) is 21.6 Å². The van der Waals surface area contributed by atoms with Crippen molar-refractivity contribution >= 4 is 28.8 Å². The Morgan fingerprint density at radius 2 is 2.00 bits per heavy atom. The molecule has 0 saturated heterocycles. The lowest BCUT2D eigenvalue weighted by Crippen LogP contribution is -2.03. The van der Waals surface area contributed by atoms with E-state index in [0.717, 1.165) is 11.3 Å². The van der Waals surface area contributed by atoms with Crippen LogP contribution in [0.1, 0.15) is 5.69 Å². The highest BCUT2D eigenvalue weighted by molar-refractivity contribution is 6.33. The Bertz CT molecular complexity index is 939. The minimum atomic E-state index is -0.385. The van der Waals surface area contributed by atoms with Crippen molar-refractivity contribution in [2.24, 2.45) is 7.05 Å². The first-order valence-corrected chi connectivity index (χ1v) is 7.98. The first-order chi connectivity index (χ1) is 11.9. The molecule has 0 unspecified atom stereocenters. The lowest BCUT2D eigenvalue weighted by Gasteiger charge is -2.13. The minimum absolute atomic E-state index is 0.321. The highest BCUT2D eigenvalue weighted by Gasteiger charge is 2.19. The van der Waals surface area contributed by atoms with Gasteiger partial charge >= 0.3 is 0 Å². The number of methoxy groups -OCH3 is 1. The number of nitrogens with zero attached hydrogens (tertiary/aromatic N) is 2. The largest absolute Gasteiger partial charge is 0.497 e. The van der Waals surface area contributed by atoms with Crippen LogP contribution in [0.3, 0.4) is 0 Å². The van der Waals surface area contributed by atoms with Gasteiger partial charge < -0.3 is 15.8 Å². The standard InChI is InChI=1S/C18H18ClFN4O/c1-10-17(13-6-4-11(20)8-14(13)19)18(24(2)23-10)22-16-7-5-12(25-3)9-15(16)21/h4-9,22H,21H2,1-3H3. The summed E-state index contributed by atoms with van der Waals surface area (Å²) in [6.45, 7) is 1.87. The van der Waals surface area contributed by atoms with Crippen molar-refractivity contribution < 1.29 is 9.13 Å². The SMILES string of the molecule is COc1ccc(Nc2c(-c3ccc(F)cc3Cl)c(C)nn2C)c(N)c1. The van der Waals surface area contributed by atoms with Crippen molar-refractivity contribution in [1.29, 1.82) is 0 Å². The molecule has 2 aromatic carbocycles. The van der Waals surface area contributed by atoms with E-state index in [1.165, 1.54) is 12.1 Å². The van der Waals surface area contributed by atoms with E-state index in [-0.39, 0.29) is 5.82 Å². The average molecular weight is 361 g/mol. The Balaban J connectivity index is 2.09. The molecular formula is C18H18ClFN4O. The number of aryl methyl sites for hydroxylation is 2. The molecule has 3 N–H and O–H groups in total. The van der Waals surface area contributed by atoms with Gasteiger partial charge in [0.15, 0.2) is 0 Å². The maximum Gasteiger partial charge on any atom is 0.136 e. The maximum absolute atomic E-state index is 13.4. The third-order valence-electron chi connectivity index (χ3n) is 3.93. The number of nitrogen functional groups attached to an aromatic ring is 1. The quantitative estimate of drug-likeness (QED) is 0.671. The minimum Gasteiger partial charge on any atom is -0.497 e. The van der Waals surface area contributed by atoms with Gasteiger partial charge in [-0.05, 0) is 37.3 Å². The molecule has 1 aromatic heterocycles. The molecule has 0 radical (unpaired) electrons. The molecule has 1 heterocycles. The van der Waals surface area contributed by atoms with Crippen LogP contribution in [-0.4, -0.2) is 16.9 Å². The Hall–Kier alpha value is -2.73. The molecule has 0 spiro atoms. The maximum atomic E-state index is 13.4. The third kappa shape index (κ3) is 3.25. The van der Waals surface area contributed by atoms with E-state index < -0.39 is 0 Å². The smallest absolute Gasteiger partial charge is 0.136 e. The molecule has 0 aliphatic carbocycles. The molecule has 0 saturated carbocycles. The summed E-state index contributed by atoms with van der Waals surface area (Å²) in [5, 5.41) is 8.06. The second-order valence-corrected chi connectivity index (χ2v) is 6.04. The monoisotopic (exact) mass is 360 g/mol. The van der Waals surface area contributed by atoms with Gasteiger partial charge in [0.2, 0.25) is 0 Å². The first-order valence-electron chi connectivity index (χ1n) is 7.60. The zero-order chi connectivity index (χ0) is 18.1. The molecule has 0 fully saturated rings. The van der Waals surface area contributed by atoms with Gasteiger partial charge in [0, 0.05) is 24.2 Å². The molecule has 3 aromatic rings. The Labute approximate surface area is 150 Å². The van der Waals surface area contributed by atoms with E-state index in [1.54, 1.807) is 23.9 Å². The number of benzene rings is 2. The van der Waals surface area contributed by atoms with Gasteiger partial charge in [0.25, 0.3) is 0 Å². The van der Waals surface area contributed by atoms with Gasteiger partial charge in [0.1, 0.15) is 17.4 Å². The van der Waals surface area contributed by atoms with Crippen LogP contribution in [0.2, 0.25) is 5.02 Å². The zero-order valence-electron chi connectivity index (χ0n) is 14.1. The number of nitrogens with one attached hydrogen (secondary N) is 1. The summed E-state index contributed by atoms with van der Waals surface area (Å²) in [6.07, 6.45) is 0. The number of hydrogen-bond donors (Lipinski definition) is 2. The first kappa shape index (κ1) is 17.1. The lowest BCUT2D eigenvalue weighted by molar-refractivity contribution is 0.415. The fraction of sp³-hybridized carbons (Fsp3) is 0.167. The van der Waals surface area contributed by atoms with Gasteiger partial charge in [-0.3, -0.25) is 4.68 Å². The summed E-state index contributed by atoms with van der Waals surface area (Å²) in [7, 11) is 3.40. The fourth-order valence-corrected chi connectivity index (χ4v) is 2.99. The molecule has 7 heteroatoms. The van der Waals surface area contributed by atoms with Crippen LogP contribution in [0.25, 0.3) is 11.1 Å². The molecule has 25 heavy (non-hydrogen) atoms. The molecule has 3 rings (SSSR count). The molecule has 0 aliphatic heterocycles. The second kappa shape index (κ2) is 6.64. The van der Waals surface area contributed by atoms with Crippen molar-refractivity contribution in [2.45, 2.75) is 6.92 Å². The molecule has 0 amide bonds. The van der Waals surface area contributed by atoms with Crippen LogP contribution in [0.15, 0.2) is 36.4 Å². The van der Waals surface area contributed by atoms with Crippen LogP contribution in [0.5, 0.6) is 5.75 Å². The number of halogens is 2. The van der Waals surface area contributed by atoms with E-state index in [4.69, 9.17) is 22.1 Å². The summed E-state index contributed by atoms with van der Waals surface area (Å²) >= 11 is 6.25. The van der Waals surface area contributed by atoms with Crippen molar-refractivity contribution in [3.05, 3.63) is 52.9 Å². The summed E-state index contributed by atoms with van der Waals surface area (Å²) in [4.78, 5) is 0. The Morgan fingerprint density at radius 1 is 1.24 bits per heavy atom.